The van der Waals surface area contributed by atoms with Gasteiger partial charge in [0.1, 0.15) is 5.75 Å². The van der Waals surface area contributed by atoms with E-state index < -0.39 is 0 Å². The molecule has 1 atom stereocenters. The van der Waals surface area contributed by atoms with E-state index in [4.69, 9.17) is 4.74 Å². The largest absolute Gasteiger partial charge is 0.497 e. The van der Waals surface area contributed by atoms with Gasteiger partial charge in [0.15, 0.2) is 0 Å². The van der Waals surface area contributed by atoms with E-state index in [0.29, 0.717) is 6.04 Å². The van der Waals surface area contributed by atoms with Gasteiger partial charge in [0, 0.05) is 6.04 Å². The highest BCUT2D eigenvalue weighted by molar-refractivity contribution is 5.30. The van der Waals surface area contributed by atoms with Crippen molar-refractivity contribution in [1.82, 2.24) is 5.32 Å². The third-order valence-corrected chi connectivity index (χ3v) is 4.18. The van der Waals surface area contributed by atoms with Gasteiger partial charge in [-0.2, -0.15) is 0 Å². The predicted octanol–water partition coefficient (Wildman–Crippen LogP) is 4.32. The number of hydrogen-bond acceptors (Lipinski definition) is 2. The average molecular weight is 261 g/mol. The minimum atomic E-state index is 0.484. The van der Waals surface area contributed by atoms with Gasteiger partial charge < -0.3 is 10.1 Å². The molecule has 0 amide bonds. The monoisotopic (exact) mass is 261 g/mol. The van der Waals surface area contributed by atoms with E-state index in [9.17, 15) is 0 Å². The van der Waals surface area contributed by atoms with Crippen LogP contribution in [-0.4, -0.2) is 13.7 Å². The van der Waals surface area contributed by atoms with Gasteiger partial charge in [0.25, 0.3) is 0 Å². The maximum Gasteiger partial charge on any atom is 0.119 e. The van der Waals surface area contributed by atoms with Crippen LogP contribution in [0, 0.1) is 5.92 Å². The van der Waals surface area contributed by atoms with E-state index in [1.54, 1.807) is 7.11 Å². The molecule has 1 aromatic carbocycles. The topological polar surface area (TPSA) is 21.3 Å². The van der Waals surface area contributed by atoms with Crippen molar-refractivity contribution >= 4 is 0 Å². The third-order valence-electron chi connectivity index (χ3n) is 4.18. The van der Waals surface area contributed by atoms with Gasteiger partial charge in [0.2, 0.25) is 0 Å². The number of benzene rings is 1. The van der Waals surface area contributed by atoms with Gasteiger partial charge in [-0.15, -0.1) is 0 Å². The second-order valence-electron chi connectivity index (χ2n) is 5.67. The Kier molecular flexibility index (Phi) is 5.71. The van der Waals surface area contributed by atoms with Crippen LogP contribution in [0.2, 0.25) is 0 Å². The summed E-state index contributed by atoms with van der Waals surface area (Å²) >= 11 is 0. The van der Waals surface area contributed by atoms with Crippen molar-refractivity contribution in [3.8, 4) is 5.75 Å². The minimum absolute atomic E-state index is 0.484. The summed E-state index contributed by atoms with van der Waals surface area (Å²) in [6, 6.07) is 9.02. The van der Waals surface area contributed by atoms with E-state index in [-0.39, 0.29) is 0 Å². The van der Waals surface area contributed by atoms with Crippen molar-refractivity contribution in [3.63, 3.8) is 0 Å². The first-order valence-corrected chi connectivity index (χ1v) is 7.70. The summed E-state index contributed by atoms with van der Waals surface area (Å²) in [6.07, 6.45) is 8.12. The molecule has 19 heavy (non-hydrogen) atoms. The van der Waals surface area contributed by atoms with Crippen LogP contribution in [0.5, 0.6) is 5.75 Å². The Bertz CT molecular complexity index is 371. The van der Waals surface area contributed by atoms with Crippen LogP contribution in [0.1, 0.15) is 57.1 Å². The van der Waals surface area contributed by atoms with Crippen molar-refractivity contribution in [2.45, 2.75) is 51.5 Å². The van der Waals surface area contributed by atoms with E-state index in [1.807, 2.05) is 6.07 Å². The maximum atomic E-state index is 5.35. The molecule has 1 N–H and O–H groups in total. The molecule has 2 heteroatoms. The van der Waals surface area contributed by atoms with Crippen LogP contribution in [0.15, 0.2) is 24.3 Å². The second kappa shape index (κ2) is 7.54. The second-order valence-corrected chi connectivity index (χ2v) is 5.67. The summed E-state index contributed by atoms with van der Waals surface area (Å²) in [4.78, 5) is 0. The predicted molar refractivity (Wildman–Crippen MR) is 80.6 cm³/mol. The van der Waals surface area contributed by atoms with Gasteiger partial charge in [0.05, 0.1) is 7.11 Å². The van der Waals surface area contributed by atoms with Gasteiger partial charge in [-0.1, -0.05) is 44.7 Å². The molecule has 1 aliphatic carbocycles. The maximum absolute atomic E-state index is 5.35. The molecular weight excluding hydrogens is 234 g/mol. The number of ether oxygens (including phenoxy) is 1. The van der Waals surface area contributed by atoms with Gasteiger partial charge in [-0.3, -0.25) is 0 Å². The molecule has 0 radical (unpaired) electrons. The Morgan fingerprint density at radius 1 is 1.32 bits per heavy atom. The molecule has 1 fully saturated rings. The zero-order valence-electron chi connectivity index (χ0n) is 12.3. The van der Waals surface area contributed by atoms with Gasteiger partial charge >= 0.3 is 0 Å². The first-order chi connectivity index (χ1) is 9.33. The quantitative estimate of drug-likeness (QED) is 0.789. The normalized spacial score (nSPS) is 17.6. The molecule has 0 saturated heterocycles. The highest BCUT2D eigenvalue weighted by Gasteiger charge is 2.21. The molecule has 0 bridgehead atoms. The van der Waals surface area contributed by atoms with Crippen molar-refractivity contribution < 1.29 is 4.74 Å². The number of methoxy groups -OCH3 is 1. The summed E-state index contributed by atoms with van der Waals surface area (Å²) in [5.74, 6) is 1.87. The van der Waals surface area contributed by atoms with E-state index >= 15 is 0 Å². The van der Waals surface area contributed by atoms with Crippen molar-refractivity contribution in [3.05, 3.63) is 29.8 Å². The summed E-state index contributed by atoms with van der Waals surface area (Å²) in [5, 5.41) is 3.71. The molecule has 1 unspecified atom stereocenters. The van der Waals surface area contributed by atoms with Crippen LogP contribution >= 0.6 is 0 Å². The Hall–Kier alpha value is -1.02. The highest BCUT2D eigenvalue weighted by Crippen LogP contribution is 2.33. The highest BCUT2D eigenvalue weighted by atomic mass is 16.5. The zero-order chi connectivity index (χ0) is 13.5. The summed E-state index contributed by atoms with van der Waals surface area (Å²) in [5.41, 5.74) is 1.37. The van der Waals surface area contributed by atoms with E-state index in [0.717, 1.165) is 18.2 Å². The molecule has 0 aromatic heterocycles. The Morgan fingerprint density at radius 2 is 2.11 bits per heavy atom. The van der Waals surface area contributed by atoms with Gasteiger partial charge in [-0.25, -0.2) is 0 Å². The van der Waals surface area contributed by atoms with Crippen LogP contribution in [0.4, 0.5) is 0 Å². The lowest BCUT2D eigenvalue weighted by Gasteiger charge is -2.22. The standard InChI is InChI=1S/C17H27NO/c1-3-11-18-17(12-14-7-4-5-8-14)15-9-6-10-16(13-15)19-2/h6,9-10,13-14,17-18H,3-5,7-8,11-12H2,1-2H3. The average Bonchev–Trinajstić information content (AvgIpc) is 2.96. The number of rotatable bonds is 7. The molecule has 1 aliphatic rings. The molecule has 2 rings (SSSR count). The van der Waals surface area contributed by atoms with Crippen molar-refractivity contribution in [1.29, 1.82) is 0 Å². The Balaban J connectivity index is 2.05. The molecule has 0 heterocycles. The fourth-order valence-corrected chi connectivity index (χ4v) is 3.09. The SMILES string of the molecule is CCCNC(CC1CCCC1)c1cccc(OC)c1. The summed E-state index contributed by atoms with van der Waals surface area (Å²) < 4.78 is 5.35. The van der Waals surface area contributed by atoms with Crippen LogP contribution in [0.3, 0.4) is 0 Å². The van der Waals surface area contributed by atoms with Crippen LogP contribution in [0.25, 0.3) is 0 Å². The van der Waals surface area contributed by atoms with Gasteiger partial charge in [-0.05, 0) is 43.0 Å². The number of hydrogen-bond donors (Lipinski definition) is 1. The first-order valence-electron chi connectivity index (χ1n) is 7.70. The molecule has 1 aromatic rings. The van der Waals surface area contributed by atoms with Crippen molar-refractivity contribution in [2.75, 3.05) is 13.7 Å². The fourth-order valence-electron chi connectivity index (χ4n) is 3.09. The lowest BCUT2D eigenvalue weighted by atomic mass is 9.93. The van der Waals surface area contributed by atoms with Crippen LogP contribution in [-0.2, 0) is 0 Å². The lowest BCUT2D eigenvalue weighted by molar-refractivity contribution is 0.389. The van der Waals surface area contributed by atoms with Crippen LogP contribution < -0.4 is 10.1 Å². The zero-order valence-corrected chi connectivity index (χ0v) is 12.3. The fraction of sp³-hybridized carbons (Fsp3) is 0.647. The third kappa shape index (κ3) is 4.24. The first kappa shape index (κ1) is 14.4. The molecule has 106 valence electrons. The smallest absolute Gasteiger partial charge is 0.119 e. The molecule has 0 aliphatic heterocycles. The molecule has 2 nitrogen and oxygen atoms in total. The molecule has 0 spiro atoms. The Morgan fingerprint density at radius 3 is 2.79 bits per heavy atom. The van der Waals surface area contributed by atoms with E-state index in [2.05, 4.69) is 30.4 Å². The number of nitrogens with one attached hydrogen (secondary N) is 1. The summed E-state index contributed by atoms with van der Waals surface area (Å²) in [6.45, 7) is 3.32. The minimum Gasteiger partial charge on any atom is -0.497 e. The molecule has 1 saturated carbocycles. The lowest BCUT2D eigenvalue weighted by Crippen LogP contribution is -2.24. The summed E-state index contributed by atoms with van der Waals surface area (Å²) in [7, 11) is 1.74. The van der Waals surface area contributed by atoms with Crippen molar-refractivity contribution in [2.24, 2.45) is 5.92 Å². The van der Waals surface area contributed by atoms with E-state index in [1.165, 1.54) is 44.1 Å². The molecular formula is C17H27NO. The Labute approximate surface area is 117 Å².